The van der Waals surface area contributed by atoms with Crippen molar-refractivity contribution in [3.8, 4) is 5.69 Å². The van der Waals surface area contributed by atoms with E-state index in [-0.39, 0.29) is 0 Å². The molecule has 27 heavy (non-hydrogen) atoms. The smallest absolute Gasteiger partial charge is 0.126 e. The predicted octanol–water partition coefficient (Wildman–Crippen LogP) is 4.00. The van der Waals surface area contributed by atoms with E-state index in [0.717, 1.165) is 61.9 Å². The van der Waals surface area contributed by atoms with Crippen LogP contribution in [0.2, 0.25) is 0 Å². The van der Waals surface area contributed by atoms with Crippen LogP contribution in [-0.2, 0) is 13.0 Å². The molecule has 1 fully saturated rings. The second kappa shape index (κ2) is 7.96. The van der Waals surface area contributed by atoms with Gasteiger partial charge in [-0.25, -0.2) is 13.5 Å². The van der Waals surface area contributed by atoms with Gasteiger partial charge in [0.25, 0.3) is 0 Å². The van der Waals surface area contributed by atoms with Gasteiger partial charge in [0, 0.05) is 12.6 Å². The lowest BCUT2D eigenvalue weighted by Crippen LogP contribution is -2.34. The molecule has 1 aliphatic heterocycles. The second-order valence-electron chi connectivity index (χ2n) is 7.17. The normalized spacial score (nSPS) is 15.9. The maximum atomic E-state index is 13.4. The van der Waals surface area contributed by atoms with Crippen LogP contribution in [0.25, 0.3) is 5.69 Å². The van der Waals surface area contributed by atoms with Gasteiger partial charge in [0.05, 0.1) is 17.6 Å². The molecular formula is C21H22F2N4. The number of hydrogen-bond donors (Lipinski definition) is 0. The summed E-state index contributed by atoms with van der Waals surface area (Å²) in [6.45, 7) is 2.72. The van der Waals surface area contributed by atoms with Crippen LogP contribution in [0.3, 0.4) is 0 Å². The van der Waals surface area contributed by atoms with E-state index in [2.05, 4.69) is 15.2 Å². The van der Waals surface area contributed by atoms with Gasteiger partial charge in [-0.15, -0.1) is 5.10 Å². The number of piperidine rings is 1. The van der Waals surface area contributed by atoms with Gasteiger partial charge in [0.2, 0.25) is 0 Å². The summed E-state index contributed by atoms with van der Waals surface area (Å²) in [6.07, 6.45) is 4.58. The Morgan fingerprint density at radius 1 is 0.963 bits per heavy atom. The Balaban J connectivity index is 1.35. The van der Waals surface area contributed by atoms with Crippen molar-refractivity contribution in [1.82, 2.24) is 19.9 Å². The molecule has 2 aromatic carbocycles. The Hall–Kier alpha value is -2.60. The van der Waals surface area contributed by atoms with E-state index in [1.54, 1.807) is 0 Å². The molecule has 0 N–H and O–H groups in total. The standard InChI is InChI=1S/C21H22F2N4/c22-18-11-17(12-19(23)13-18)10-16-6-8-26(9-7-16)15-21-14-24-25-27(21)20-4-2-1-3-5-20/h1-5,11-14,16H,6-10,15H2. The van der Waals surface area contributed by atoms with Crippen molar-refractivity contribution >= 4 is 0 Å². The summed E-state index contributed by atoms with van der Waals surface area (Å²) in [5.74, 6) is -0.534. The molecule has 0 unspecified atom stereocenters. The first-order chi connectivity index (χ1) is 13.2. The summed E-state index contributed by atoms with van der Waals surface area (Å²) in [5.41, 5.74) is 2.82. The molecule has 6 heteroatoms. The molecule has 4 nitrogen and oxygen atoms in total. The first kappa shape index (κ1) is 17.8. The molecule has 0 amide bonds. The average molecular weight is 368 g/mol. The fraction of sp³-hybridized carbons (Fsp3) is 0.333. The predicted molar refractivity (Wildman–Crippen MR) is 99.4 cm³/mol. The largest absolute Gasteiger partial charge is 0.297 e. The third-order valence-electron chi connectivity index (χ3n) is 5.16. The van der Waals surface area contributed by atoms with Crippen LogP contribution < -0.4 is 0 Å². The number of benzene rings is 2. The third-order valence-corrected chi connectivity index (χ3v) is 5.16. The highest BCUT2D eigenvalue weighted by Crippen LogP contribution is 2.24. The molecule has 0 radical (unpaired) electrons. The maximum absolute atomic E-state index is 13.4. The van der Waals surface area contributed by atoms with Gasteiger partial charge < -0.3 is 0 Å². The lowest BCUT2D eigenvalue weighted by molar-refractivity contribution is 0.174. The van der Waals surface area contributed by atoms with Crippen molar-refractivity contribution in [1.29, 1.82) is 0 Å². The molecule has 0 bridgehead atoms. The Morgan fingerprint density at radius 2 is 1.67 bits per heavy atom. The van der Waals surface area contributed by atoms with Crippen molar-refractivity contribution in [3.05, 3.63) is 77.6 Å². The SMILES string of the molecule is Fc1cc(F)cc(CC2CCN(Cc3cnnn3-c3ccccc3)CC2)c1. The van der Waals surface area contributed by atoms with E-state index in [1.165, 1.54) is 12.1 Å². The van der Waals surface area contributed by atoms with Crippen molar-refractivity contribution < 1.29 is 8.78 Å². The number of hydrogen-bond acceptors (Lipinski definition) is 3. The van der Waals surface area contributed by atoms with E-state index in [4.69, 9.17) is 0 Å². The van der Waals surface area contributed by atoms with E-state index in [0.29, 0.717) is 5.92 Å². The maximum Gasteiger partial charge on any atom is 0.126 e. The number of rotatable bonds is 5. The van der Waals surface area contributed by atoms with E-state index < -0.39 is 11.6 Å². The van der Waals surface area contributed by atoms with Gasteiger partial charge in [-0.3, -0.25) is 4.90 Å². The molecule has 0 atom stereocenters. The monoisotopic (exact) mass is 368 g/mol. The zero-order valence-corrected chi connectivity index (χ0v) is 15.1. The van der Waals surface area contributed by atoms with Crippen molar-refractivity contribution in [2.24, 2.45) is 5.92 Å². The Bertz CT molecular complexity index is 866. The third kappa shape index (κ3) is 4.39. The van der Waals surface area contributed by atoms with E-state index >= 15 is 0 Å². The molecule has 1 aliphatic rings. The van der Waals surface area contributed by atoms with Crippen molar-refractivity contribution in [2.45, 2.75) is 25.8 Å². The van der Waals surface area contributed by atoms with Gasteiger partial charge >= 0.3 is 0 Å². The summed E-state index contributed by atoms with van der Waals surface area (Å²) in [7, 11) is 0. The Labute approximate surface area is 157 Å². The summed E-state index contributed by atoms with van der Waals surface area (Å²) >= 11 is 0. The van der Waals surface area contributed by atoms with Crippen molar-refractivity contribution in [2.75, 3.05) is 13.1 Å². The number of halogens is 2. The first-order valence-electron chi connectivity index (χ1n) is 9.30. The number of aromatic nitrogens is 3. The highest BCUT2D eigenvalue weighted by atomic mass is 19.1. The van der Waals surface area contributed by atoms with Gasteiger partial charge in [0.15, 0.2) is 0 Å². The van der Waals surface area contributed by atoms with E-state index in [1.807, 2.05) is 41.2 Å². The molecule has 0 aliphatic carbocycles. The van der Waals surface area contributed by atoms with Crippen LogP contribution in [-0.4, -0.2) is 33.0 Å². The first-order valence-corrected chi connectivity index (χ1v) is 9.30. The van der Waals surface area contributed by atoms with E-state index in [9.17, 15) is 8.78 Å². The van der Waals surface area contributed by atoms with Gasteiger partial charge in [0.1, 0.15) is 11.6 Å². The zero-order valence-electron chi connectivity index (χ0n) is 15.1. The molecule has 2 heterocycles. The molecule has 0 saturated carbocycles. The molecule has 0 spiro atoms. The number of likely N-dealkylation sites (tertiary alicyclic amines) is 1. The number of para-hydroxylation sites is 1. The van der Waals surface area contributed by atoms with Crippen LogP contribution in [0.1, 0.15) is 24.1 Å². The summed E-state index contributed by atoms with van der Waals surface area (Å²) in [5, 5.41) is 8.27. The van der Waals surface area contributed by atoms with Gasteiger partial charge in [-0.05, 0) is 68.1 Å². The molecule has 140 valence electrons. The van der Waals surface area contributed by atoms with Crippen LogP contribution in [0, 0.1) is 17.6 Å². The Kier molecular flexibility index (Phi) is 5.25. The summed E-state index contributed by atoms with van der Waals surface area (Å²) in [6, 6.07) is 13.8. The van der Waals surface area contributed by atoms with Crippen LogP contribution in [0.15, 0.2) is 54.7 Å². The minimum absolute atomic E-state index is 0.458. The van der Waals surface area contributed by atoms with Crippen molar-refractivity contribution in [3.63, 3.8) is 0 Å². The minimum atomic E-state index is -0.496. The van der Waals surface area contributed by atoms with Gasteiger partial charge in [-0.1, -0.05) is 23.4 Å². The zero-order chi connectivity index (χ0) is 18.6. The van der Waals surface area contributed by atoms with Gasteiger partial charge in [-0.2, -0.15) is 0 Å². The average Bonchev–Trinajstić information content (AvgIpc) is 3.11. The lowest BCUT2D eigenvalue weighted by atomic mass is 9.90. The summed E-state index contributed by atoms with van der Waals surface area (Å²) < 4.78 is 28.6. The molecule has 3 aromatic rings. The second-order valence-corrected chi connectivity index (χ2v) is 7.17. The molecule has 1 aromatic heterocycles. The summed E-state index contributed by atoms with van der Waals surface area (Å²) in [4.78, 5) is 2.39. The fourth-order valence-electron chi connectivity index (χ4n) is 3.79. The molecular weight excluding hydrogens is 346 g/mol. The topological polar surface area (TPSA) is 34.0 Å². The van der Waals surface area contributed by atoms with Crippen LogP contribution >= 0.6 is 0 Å². The van der Waals surface area contributed by atoms with Crippen LogP contribution in [0.4, 0.5) is 8.78 Å². The fourth-order valence-corrected chi connectivity index (χ4v) is 3.79. The highest BCUT2D eigenvalue weighted by molar-refractivity contribution is 5.31. The molecule has 4 rings (SSSR count). The minimum Gasteiger partial charge on any atom is -0.297 e. The highest BCUT2D eigenvalue weighted by Gasteiger charge is 2.21. The Morgan fingerprint density at radius 3 is 2.37 bits per heavy atom. The lowest BCUT2D eigenvalue weighted by Gasteiger charge is -2.32. The quantitative estimate of drug-likeness (QED) is 0.683. The van der Waals surface area contributed by atoms with Crippen LogP contribution in [0.5, 0.6) is 0 Å². The number of nitrogens with zero attached hydrogens (tertiary/aromatic N) is 4. The molecule has 1 saturated heterocycles.